The van der Waals surface area contributed by atoms with E-state index in [9.17, 15) is 19.5 Å². The maximum absolute atomic E-state index is 14.3. The van der Waals surface area contributed by atoms with Crippen LogP contribution in [0.3, 0.4) is 0 Å². The first kappa shape index (κ1) is 39.8. The Kier molecular flexibility index (Phi) is 14.2. The summed E-state index contributed by atoms with van der Waals surface area (Å²) in [6.07, 6.45) is 0.808. The van der Waals surface area contributed by atoms with Gasteiger partial charge < -0.3 is 38.8 Å². The number of aliphatic hydroxyl groups is 1. The van der Waals surface area contributed by atoms with Gasteiger partial charge in [-0.25, -0.2) is 0 Å². The number of hydrogen-bond acceptors (Lipinski definition) is 11. The number of likely N-dealkylation sites (N-methyl/N-ethyl adjacent to an activating group) is 2. The van der Waals surface area contributed by atoms with Crippen LogP contribution in [-0.2, 0) is 33.3 Å². The summed E-state index contributed by atoms with van der Waals surface area (Å²) < 4.78 is 25.2. The summed E-state index contributed by atoms with van der Waals surface area (Å²) in [5.41, 5.74) is -2.39. The van der Waals surface area contributed by atoms with Crippen LogP contribution in [0.25, 0.3) is 0 Å². The third kappa shape index (κ3) is 9.32. The van der Waals surface area contributed by atoms with Crippen molar-refractivity contribution in [3.05, 3.63) is 0 Å². The Morgan fingerprint density at radius 2 is 1.77 bits per heavy atom. The molecule has 272 valence electrons. The van der Waals surface area contributed by atoms with E-state index in [4.69, 9.17) is 18.9 Å². The van der Waals surface area contributed by atoms with E-state index in [-0.39, 0.29) is 42.4 Å². The van der Waals surface area contributed by atoms with Crippen LogP contribution in [-0.4, -0.2) is 159 Å². The fraction of sp³-hybridized carbons (Fsp3) is 0.914. The molecule has 47 heavy (non-hydrogen) atoms. The Labute approximate surface area is 283 Å². The number of hydrogen-bond donors (Lipinski definition) is 1. The molecule has 3 heterocycles. The van der Waals surface area contributed by atoms with E-state index in [1.165, 1.54) is 0 Å². The molecule has 3 rings (SSSR count). The van der Waals surface area contributed by atoms with Gasteiger partial charge in [-0.2, -0.15) is 0 Å². The Morgan fingerprint density at radius 3 is 2.32 bits per heavy atom. The Bertz CT molecular complexity index is 1050. The highest BCUT2D eigenvalue weighted by molar-refractivity contribution is 6.04. The number of cyclic esters (lactones) is 1. The third-order valence-corrected chi connectivity index (χ3v) is 10.7. The van der Waals surface area contributed by atoms with Crippen molar-refractivity contribution in [3.8, 4) is 0 Å². The third-order valence-electron chi connectivity index (χ3n) is 10.7. The molecule has 0 radical (unpaired) electrons. The molecule has 0 aromatic rings. The highest BCUT2D eigenvalue weighted by atomic mass is 16.7. The molecule has 12 heteroatoms. The topological polar surface area (TPSA) is 121 Å². The monoisotopic (exact) mass is 668 g/mol. The van der Waals surface area contributed by atoms with Crippen molar-refractivity contribution >= 4 is 17.7 Å². The van der Waals surface area contributed by atoms with E-state index >= 15 is 0 Å². The van der Waals surface area contributed by atoms with Crippen molar-refractivity contribution in [1.82, 2.24) is 19.6 Å². The summed E-state index contributed by atoms with van der Waals surface area (Å²) in [4.78, 5) is 48.8. The lowest BCUT2D eigenvalue weighted by atomic mass is 9.75. The van der Waals surface area contributed by atoms with Crippen LogP contribution in [0.5, 0.6) is 0 Å². The maximum Gasteiger partial charge on any atom is 0.319 e. The van der Waals surface area contributed by atoms with Gasteiger partial charge in [-0.3, -0.25) is 19.3 Å². The first-order valence-electron chi connectivity index (χ1n) is 17.6. The highest BCUT2D eigenvalue weighted by Gasteiger charge is 2.51. The summed E-state index contributed by atoms with van der Waals surface area (Å²) in [6, 6.07) is -0.271. The molecule has 3 aliphatic heterocycles. The van der Waals surface area contributed by atoms with Crippen LogP contribution >= 0.6 is 0 Å². The number of Topliss-reactive ketones (excluding diaryl/α,β-unsaturated/α-hetero) is 1. The smallest absolute Gasteiger partial charge is 0.319 e. The van der Waals surface area contributed by atoms with Crippen LogP contribution in [0.1, 0.15) is 73.6 Å². The average Bonchev–Trinajstić information content (AvgIpc) is 2.99. The lowest BCUT2D eigenvalue weighted by molar-refractivity contribution is -0.297. The summed E-state index contributed by atoms with van der Waals surface area (Å²) in [6.45, 7) is 14.4. The van der Waals surface area contributed by atoms with Crippen molar-refractivity contribution in [2.24, 2.45) is 17.3 Å². The molecule has 1 N–H and O–H groups in total. The molecule has 0 spiro atoms. The second kappa shape index (κ2) is 16.8. The molecule has 0 aromatic heterocycles. The van der Waals surface area contributed by atoms with Gasteiger partial charge >= 0.3 is 5.97 Å². The number of carbonyl (C=O) groups excluding carboxylic acids is 3. The van der Waals surface area contributed by atoms with Gasteiger partial charge in [0.05, 0.1) is 30.4 Å². The number of likely N-dealkylation sites (tertiary alicyclic amines) is 1. The molecule has 3 saturated heterocycles. The van der Waals surface area contributed by atoms with Crippen molar-refractivity contribution in [1.29, 1.82) is 0 Å². The molecule has 1 amide bonds. The van der Waals surface area contributed by atoms with Gasteiger partial charge in [-0.05, 0) is 94.2 Å². The maximum atomic E-state index is 14.3. The minimum absolute atomic E-state index is 0.0896. The largest absolute Gasteiger partial charge is 0.463 e. The number of carbonyl (C=O) groups is 3. The predicted octanol–water partition coefficient (Wildman–Crippen LogP) is 2.26. The molecular formula is C35H64N4O8. The van der Waals surface area contributed by atoms with E-state index < -0.39 is 41.4 Å². The molecule has 0 aliphatic carbocycles. The van der Waals surface area contributed by atoms with Gasteiger partial charge in [0, 0.05) is 38.1 Å². The SMILES string of the molecule is CCCN1CCC[C@@](C)(OC)[C@H](O[C@@H]2O[C@H](CC)C[C@H](N(C)C)[C@H]2O)[C@@H](C)C(=O)C(C)(C)C(=O)OCC1C1CN(C(=O)CN(C)C)C1. The summed E-state index contributed by atoms with van der Waals surface area (Å²) in [5, 5.41) is 11.4. The average molecular weight is 669 g/mol. The van der Waals surface area contributed by atoms with Crippen molar-refractivity contribution < 1.29 is 38.4 Å². The van der Waals surface area contributed by atoms with Gasteiger partial charge in [0.15, 0.2) is 12.1 Å². The second-order valence-electron chi connectivity index (χ2n) is 15.2. The zero-order valence-corrected chi connectivity index (χ0v) is 31.0. The summed E-state index contributed by atoms with van der Waals surface area (Å²) >= 11 is 0. The fourth-order valence-corrected chi connectivity index (χ4v) is 7.49. The standard InChI is InChI=1S/C35H64N4O8/c1-12-16-38-17-14-15-35(6,44-11)31(47-32-29(41)26(37(9)10)18-25(13-2)46-32)23(3)30(42)34(4,5)33(43)45-22-27(38)24-19-39(20-24)28(40)21-36(7)8/h23-27,29,31-32,41H,12-22H2,1-11H3/t23-,25+,26-,27?,29+,31+,32-,35+/m0/s1. The molecule has 12 nitrogen and oxygen atoms in total. The lowest BCUT2D eigenvalue weighted by Crippen LogP contribution is -2.61. The fourth-order valence-electron chi connectivity index (χ4n) is 7.49. The molecule has 0 aromatic carbocycles. The van der Waals surface area contributed by atoms with Gasteiger partial charge in [0.2, 0.25) is 5.91 Å². The summed E-state index contributed by atoms with van der Waals surface area (Å²) in [7, 11) is 9.25. The predicted molar refractivity (Wildman–Crippen MR) is 180 cm³/mol. The number of nitrogens with zero attached hydrogens (tertiary/aromatic N) is 4. The van der Waals surface area contributed by atoms with E-state index in [0.717, 1.165) is 32.4 Å². The second-order valence-corrected chi connectivity index (χ2v) is 15.2. The number of methoxy groups -OCH3 is 1. The van der Waals surface area contributed by atoms with Gasteiger partial charge in [-0.15, -0.1) is 0 Å². The van der Waals surface area contributed by atoms with E-state index in [1.54, 1.807) is 27.9 Å². The molecule has 0 saturated carbocycles. The first-order valence-corrected chi connectivity index (χ1v) is 17.6. The van der Waals surface area contributed by atoms with Crippen LogP contribution < -0.4 is 0 Å². The zero-order valence-electron chi connectivity index (χ0n) is 31.0. The quantitative estimate of drug-likeness (QED) is 0.273. The molecule has 3 aliphatic rings. The first-order chi connectivity index (χ1) is 22.0. The number of esters is 1. The normalized spacial score (nSPS) is 35.2. The Morgan fingerprint density at radius 1 is 1.11 bits per heavy atom. The van der Waals surface area contributed by atoms with Crippen LogP contribution in [0, 0.1) is 17.3 Å². The molecular weight excluding hydrogens is 604 g/mol. The molecule has 3 fully saturated rings. The van der Waals surface area contributed by atoms with Gasteiger partial charge in [0.25, 0.3) is 0 Å². The Balaban J connectivity index is 1.94. The van der Waals surface area contributed by atoms with Crippen molar-refractivity contribution in [3.63, 3.8) is 0 Å². The van der Waals surface area contributed by atoms with Crippen LogP contribution in [0.4, 0.5) is 0 Å². The Hall–Kier alpha value is -1.67. The molecule has 1 unspecified atom stereocenters. The van der Waals surface area contributed by atoms with E-state index in [2.05, 4.69) is 11.8 Å². The number of ether oxygens (including phenoxy) is 4. The van der Waals surface area contributed by atoms with Crippen molar-refractivity contribution in [2.45, 2.75) is 116 Å². The van der Waals surface area contributed by atoms with E-state index in [0.29, 0.717) is 32.5 Å². The number of aliphatic hydroxyl groups excluding tert-OH is 1. The zero-order chi connectivity index (χ0) is 35.3. The highest BCUT2D eigenvalue weighted by Crippen LogP contribution is 2.38. The van der Waals surface area contributed by atoms with Gasteiger partial charge in [-0.1, -0.05) is 20.8 Å². The van der Waals surface area contributed by atoms with Gasteiger partial charge in [0.1, 0.15) is 18.1 Å². The number of ketones is 1. The van der Waals surface area contributed by atoms with Crippen LogP contribution in [0.15, 0.2) is 0 Å². The summed E-state index contributed by atoms with van der Waals surface area (Å²) in [5.74, 6) is -1.44. The number of amides is 1. The molecule has 0 bridgehead atoms. The molecule has 8 atom stereocenters. The van der Waals surface area contributed by atoms with E-state index in [1.807, 2.05) is 56.7 Å². The minimum atomic E-state index is -1.46. The van der Waals surface area contributed by atoms with Crippen molar-refractivity contribution in [2.75, 3.05) is 74.6 Å². The minimum Gasteiger partial charge on any atom is -0.463 e. The number of rotatable bonds is 10. The lowest BCUT2D eigenvalue weighted by Gasteiger charge is -2.47. The van der Waals surface area contributed by atoms with Crippen LogP contribution in [0.2, 0.25) is 0 Å².